The van der Waals surface area contributed by atoms with E-state index < -0.39 is 0 Å². The number of thiophene rings is 6. The van der Waals surface area contributed by atoms with Crippen LogP contribution in [0, 0.1) is 89.0 Å². The van der Waals surface area contributed by atoms with E-state index in [1.54, 1.807) is 93.8 Å². The number of aryl methyl sites for hydroxylation is 18. The number of ether oxygens (including phenoxy) is 1. The minimum Gasteiger partial charge on any atom is -0.497 e. The topological polar surface area (TPSA) is 292 Å². The van der Waals surface area contributed by atoms with Gasteiger partial charge in [0.25, 0.3) is 0 Å². The fourth-order valence-electron chi connectivity index (χ4n) is 18.3. The number of halogens is 1. The van der Waals surface area contributed by atoms with Crippen molar-refractivity contribution in [3.8, 4) is 5.75 Å². The molecule has 135 heavy (non-hydrogen) atoms. The molecular formula is C101H108ClN25O2S6. The third-order valence-corrected chi connectivity index (χ3v) is 31.8. The number of rotatable bonds is 18. The Kier molecular flexibility index (Phi) is 25.8. The van der Waals surface area contributed by atoms with E-state index in [0.717, 1.165) is 188 Å². The van der Waals surface area contributed by atoms with Crippen molar-refractivity contribution >= 4 is 237 Å². The number of anilines is 6. The zero-order chi connectivity index (χ0) is 94.1. The van der Waals surface area contributed by atoms with Crippen LogP contribution in [0.25, 0.3) is 123 Å². The molecule has 0 unspecified atom stereocenters. The molecule has 692 valence electrons. The summed E-state index contributed by atoms with van der Waals surface area (Å²) in [6.07, 6.45) is 13.2. The molecule has 0 amide bonds. The number of hydrogen-bond acceptors (Lipinski definition) is 27. The van der Waals surface area contributed by atoms with Crippen LogP contribution >= 0.6 is 79.6 Å². The number of nitrogens with zero attached hydrogens (tertiary/aromatic N) is 19. The molecule has 2 fully saturated rings. The Balaban J connectivity index is 0.000000104. The highest BCUT2D eigenvalue weighted by Gasteiger charge is 2.28. The van der Waals surface area contributed by atoms with Gasteiger partial charge in [0, 0.05) is 148 Å². The lowest BCUT2D eigenvalue weighted by Gasteiger charge is -2.10. The number of furan rings is 1. The monoisotopic (exact) mass is 1930 g/mol. The third kappa shape index (κ3) is 18.5. The number of aromatic nitrogens is 19. The second-order valence-electron chi connectivity index (χ2n) is 35.3. The average molecular weight is 1930 g/mol. The van der Waals surface area contributed by atoms with Crippen molar-refractivity contribution in [3.05, 3.63) is 223 Å². The molecule has 20 heterocycles. The van der Waals surface area contributed by atoms with Crippen LogP contribution in [0.4, 0.5) is 34.9 Å². The fourth-order valence-corrected chi connectivity index (χ4v) is 26.1. The molecule has 34 heteroatoms. The van der Waals surface area contributed by atoms with Gasteiger partial charge in [0.2, 0.25) is 0 Å². The van der Waals surface area contributed by atoms with Gasteiger partial charge >= 0.3 is 0 Å². The summed E-state index contributed by atoms with van der Waals surface area (Å²) >= 11 is 16.7. The summed E-state index contributed by atoms with van der Waals surface area (Å²) in [6, 6.07) is 37.6. The van der Waals surface area contributed by atoms with E-state index >= 15 is 0 Å². The minimum absolute atomic E-state index is 0.587. The zero-order valence-electron chi connectivity index (χ0n) is 79.2. The number of nitrogens with one attached hydrogen (secondary N) is 6. The van der Waals surface area contributed by atoms with Crippen LogP contribution in [0.5, 0.6) is 5.75 Å². The molecule has 0 saturated heterocycles. The fraction of sp³-hybridized carbons (Fsp3) is 0.317. The SMILES string of the molecule is COc1ccc(CNc2nn(C)c3c2sc2nc(C)cc(C)c23)cc1.Cc1cc(C)c2c(n1)sc1c(NC3CCCC3)nn(C)c12.Cc1cc(C)c2c(n1)sc1c(NCC3CC3)nn(C)c12.Cc1cc(C)c2c(n1)sc1c(NCc3ccccc3)nn(C)c12.Cc1cc(C)c2c(n1)sc1c(NCc3ccncc3)nn(C)c12.Cc1nc2sc3c(NCc4ccco4)nn(C)c3c2c(C)c1Cl. The number of benzene rings is 2. The number of hydrogen-bond donors (Lipinski definition) is 6. The van der Waals surface area contributed by atoms with Crippen LogP contribution < -0.4 is 36.6 Å². The highest BCUT2D eigenvalue weighted by Crippen LogP contribution is 2.47. The second-order valence-corrected chi connectivity index (χ2v) is 41.6. The molecule has 6 N–H and O–H groups in total. The van der Waals surface area contributed by atoms with Gasteiger partial charge in [0.05, 0.1) is 91.9 Å². The van der Waals surface area contributed by atoms with Gasteiger partial charge in [-0.2, -0.15) is 30.6 Å². The Morgan fingerprint density at radius 2 is 0.704 bits per heavy atom. The Hall–Kier alpha value is -12.8. The van der Waals surface area contributed by atoms with Crippen molar-refractivity contribution in [1.82, 2.24) is 93.6 Å². The van der Waals surface area contributed by atoms with Crippen LogP contribution in [0.15, 0.2) is 132 Å². The smallest absolute Gasteiger partial charge is 0.166 e. The van der Waals surface area contributed by atoms with Crippen molar-refractivity contribution in [3.63, 3.8) is 0 Å². The van der Waals surface area contributed by atoms with E-state index in [1.807, 2.05) is 147 Å². The Labute approximate surface area is 809 Å². The maximum atomic E-state index is 6.39. The molecule has 22 aromatic rings. The first kappa shape index (κ1) is 91.4. The molecule has 2 saturated carbocycles. The Bertz CT molecular complexity index is 8010. The quantitative estimate of drug-likeness (QED) is 0.0465. The molecule has 0 radical (unpaired) electrons. The molecule has 0 aliphatic heterocycles. The summed E-state index contributed by atoms with van der Waals surface area (Å²) in [6.45, 7) is 28.8. The van der Waals surface area contributed by atoms with Gasteiger partial charge in [-0.25, -0.2) is 29.9 Å². The van der Waals surface area contributed by atoms with E-state index in [1.165, 1.54) is 141 Å². The molecule has 0 bridgehead atoms. The molecule has 0 spiro atoms. The summed E-state index contributed by atoms with van der Waals surface area (Å²) < 4.78 is 29.4. The van der Waals surface area contributed by atoms with Crippen molar-refractivity contribution in [2.75, 3.05) is 45.6 Å². The number of fused-ring (bicyclic) bond motifs is 18. The maximum absolute atomic E-state index is 6.39. The maximum Gasteiger partial charge on any atom is 0.166 e. The minimum atomic E-state index is 0.587. The average Bonchev–Trinajstić information content (AvgIpc) is 1.71. The van der Waals surface area contributed by atoms with Crippen LogP contribution in [0.1, 0.15) is 129 Å². The predicted octanol–water partition coefficient (Wildman–Crippen LogP) is 25.1. The van der Waals surface area contributed by atoms with Gasteiger partial charge < -0.3 is 41.1 Å². The van der Waals surface area contributed by atoms with Gasteiger partial charge in [-0.1, -0.05) is 66.9 Å². The molecule has 2 aliphatic rings. The summed E-state index contributed by atoms with van der Waals surface area (Å²) in [5, 5.41) is 56.8. The van der Waals surface area contributed by atoms with Crippen molar-refractivity contribution in [2.24, 2.45) is 48.2 Å². The standard InChI is InChI=1S/C19H20N4OS.C18H18N4S.C17H17N5S.C16H15ClN4OS.C16H20N4S.C15H18N4S/c1-11-9-12(2)21-19-15(11)16-17(25-19)18(22-23(16)3)20-10-13-5-7-14(24-4)8-6-13;1-11-9-12(2)20-18-14(11)15-16(23-18)17(21-22(15)3)19-10-13-7-5-4-6-8-13;1-10-8-11(2)20-17-13(10)14-15(23-17)16(21-22(14)3)19-9-12-4-6-18-7-5-12;1-8-11-13-14(23-16(11)19-9(2)12(8)17)15(20-21(13)3)18-7-10-5-4-6-22-10;1-9-8-10(2)17-16-12(9)13-14(21-16)15(19-20(13)3)18-11-6-4-5-7-11;1-8-6-9(2)17-15-11(8)12-13(20-15)14(18-19(12)3)16-7-10-4-5-10/h5-9H,10H2,1-4H3,(H,20,22);4-9H,10H2,1-3H3,(H,19,21);4-8H,9H2,1-3H3,(H,19,21);4-6H,7H2,1-3H3,(H,18,20);8,11H,4-7H2,1-3H3,(H,18,19);6,10H,4-5,7H2,1-3H3,(H,16,18). The van der Waals surface area contributed by atoms with E-state index in [0.29, 0.717) is 12.6 Å². The van der Waals surface area contributed by atoms with E-state index in [2.05, 4.69) is 193 Å². The van der Waals surface area contributed by atoms with E-state index in [4.69, 9.17) is 40.8 Å². The molecule has 27 nitrogen and oxygen atoms in total. The first-order chi connectivity index (χ1) is 65.1. The van der Waals surface area contributed by atoms with Crippen molar-refractivity contribution in [1.29, 1.82) is 0 Å². The summed E-state index contributed by atoms with van der Waals surface area (Å²) in [5.41, 5.74) is 24.2. The normalized spacial score (nSPS) is 12.8. The van der Waals surface area contributed by atoms with Crippen LogP contribution in [0.2, 0.25) is 5.02 Å². The van der Waals surface area contributed by atoms with Gasteiger partial charge in [0.1, 0.15) is 40.5 Å². The van der Waals surface area contributed by atoms with Crippen molar-refractivity contribution < 1.29 is 9.15 Å². The Morgan fingerprint density at radius 1 is 0.370 bits per heavy atom. The second kappa shape index (κ2) is 38.2. The lowest BCUT2D eigenvalue weighted by molar-refractivity contribution is 0.414. The Morgan fingerprint density at radius 3 is 1.07 bits per heavy atom. The summed E-state index contributed by atoms with van der Waals surface area (Å²) in [5.74, 6) is 8.26. The lowest BCUT2D eigenvalue weighted by Crippen LogP contribution is -2.15. The summed E-state index contributed by atoms with van der Waals surface area (Å²) in [4.78, 5) is 38.7. The van der Waals surface area contributed by atoms with Crippen LogP contribution in [0.3, 0.4) is 0 Å². The molecule has 24 rings (SSSR count). The van der Waals surface area contributed by atoms with Crippen LogP contribution in [-0.2, 0) is 68.5 Å². The molecular weight excluding hydrogens is 1820 g/mol. The molecule has 2 aromatic carbocycles. The predicted molar refractivity (Wildman–Crippen MR) is 564 cm³/mol. The largest absolute Gasteiger partial charge is 0.497 e. The number of pyridine rings is 7. The van der Waals surface area contributed by atoms with Gasteiger partial charge in [-0.05, 0) is 231 Å². The van der Waals surface area contributed by atoms with Gasteiger partial charge in [0.15, 0.2) is 34.9 Å². The summed E-state index contributed by atoms with van der Waals surface area (Å²) in [7, 11) is 13.7. The molecule has 0 atom stereocenters. The molecule has 2 aliphatic carbocycles. The first-order valence-corrected chi connectivity index (χ1v) is 50.6. The van der Waals surface area contributed by atoms with E-state index in [9.17, 15) is 0 Å². The zero-order valence-corrected chi connectivity index (χ0v) is 84.9. The highest BCUT2D eigenvalue weighted by molar-refractivity contribution is 7.28. The van der Waals surface area contributed by atoms with Gasteiger partial charge in [-0.3, -0.25) is 33.1 Å². The van der Waals surface area contributed by atoms with Crippen LogP contribution in [-0.4, -0.2) is 113 Å². The molecule has 20 aromatic heterocycles. The third-order valence-electron chi connectivity index (χ3n) is 24.8. The van der Waals surface area contributed by atoms with Crippen molar-refractivity contribution in [2.45, 2.75) is 154 Å². The first-order valence-electron chi connectivity index (χ1n) is 45.3. The lowest BCUT2D eigenvalue weighted by atomic mass is 10.1. The highest BCUT2D eigenvalue weighted by atomic mass is 35.5. The van der Waals surface area contributed by atoms with Gasteiger partial charge in [-0.15, -0.1) is 68.0 Å². The number of methoxy groups -OCH3 is 1. The van der Waals surface area contributed by atoms with E-state index in [-0.39, 0.29) is 0 Å².